The van der Waals surface area contributed by atoms with E-state index in [-0.39, 0.29) is 0 Å². The summed E-state index contributed by atoms with van der Waals surface area (Å²) in [5, 5.41) is 0. The van der Waals surface area contributed by atoms with E-state index in [2.05, 4.69) is 50.2 Å². The number of rotatable bonds is 4. The van der Waals surface area contributed by atoms with E-state index in [1.165, 1.54) is 37.9 Å². The molecule has 2 aromatic rings. The van der Waals surface area contributed by atoms with Crippen molar-refractivity contribution < 1.29 is 0 Å². The highest BCUT2D eigenvalue weighted by molar-refractivity contribution is 9.11. The average molecular weight is 334 g/mol. The van der Waals surface area contributed by atoms with E-state index >= 15 is 0 Å². The Balaban J connectivity index is 1.93. The molecule has 3 nitrogen and oxygen atoms in total. The summed E-state index contributed by atoms with van der Waals surface area (Å²) in [7, 11) is 0. The number of halogens is 1. The molecule has 0 unspecified atom stereocenters. The van der Waals surface area contributed by atoms with Gasteiger partial charge in [0.15, 0.2) is 0 Å². The van der Waals surface area contributed by atoms with Crippen molar-refractivity contribution in [3.05, 3.63) is 41.2 Å². The molecule has 1 aliphatic rings. The van der Waals surface area contributed by atoms with Crippen molar-refractivity contribution in [1.29, 1.82) is 0 Å². The van der Waals surface area contributed by atoms with E-state index in [4.69, 9.17) is 4.98 Å². The molecule has 0 atom stereocenters. The molecule has 0 bridgehead atoms. The SMILES string of the molecule is C=C(Br)Cn1c(CN2CCCCC2)nc2ccccc21. The van der Waals surface area contributed by atoms with Crippen molar-refractivity contribution in [2.24, 2.45) is 0 Å². The highest BCUT2D eigenvalue weighted by Crippen LogP contribution is 2.21. The normalized spacial score (nSPS) is 16.6. The van der Waals surface area contributed by atoms with E-state index in [0.29, 0.717) is 0 Å². The van der Waals surface area contributed by atoms with Gasteiger partial charge in [-0.25, -0.2) is 4.98 Å². The molecule has 1 fully saturated rings. The first-order valence-corrected chi connectivity index (χ1v) is 8.03. The Labute approximate surface area is 128 Å². The monoisotopic (exact) mass is 333 g/mol. The summed E-state index contributed by atoms with van der Waals surface area (Å²) in [5.74, 6) is 1.15. The zero-order chi connectivity index (χ0) is 13.9. The Hall–Kier alpha value is -1.13. The molecule has 2 heterocycles. The molecule has 3 rings (SSSR count). The van der Waals surface area contributed by atoms with Crippen molar-refractivity contribution in [2.75, 3.05) is 13.1 Å². The lowest BCUT2D eigenvalue weighted by molar-refractivity contribution is 0.214. The van der Waals surface area contributed by atoms with Crippen molar-refractivity contribution >= 4 is 27.0 Å². The molecule has 0 aliphatic carbocycles. The second-order valence-corrected chi connectivity index (χ2v) is 6.58. The number of nitrogens with zero attached hydrogens (tertiary/aromatic N) is 3. The summed E-state index contributed by atoms with van der Waals surface area (Å²) >= 11 is 3.48. The van der Waals surface area contributed by atoms with Gasteiger partial charge in [-0.05, 0) is 38.1 Å². The molecule has 0 spiro atoms. The summed E-state index contributed by atoms with van der Waals surface area (Å²) in [5.41, 5.74) is 2.27. The summed E-state index contributed by atoms with van der Waals surface area (Å²) in [4.78, 5) is 7.33. The Morgan fingerprint density at radius 1 is 1.20 bits per heavy atom. The number of para-hydroxylation sites is 2. The van der Waals surface area contributed by atoms with Gasteiger partial charge in [-0.1, -0.05) is 41.1 Å². The quantitative estimate of drug-likeness (QED) is 0.845. The van der Waals surface area contributed by atoms with Gasteiger partial charge in [0, 0.05) is 4.48 Å². The van der Waals surface area contributed by atoms with Gasteiger partial charge < -0.3 is 4.57 Å². The summed E-state index contributed by atoms with van der Waals surface area (Å²) in [6.45, 7) is 8.09. The van der Waals surface area contributed by atoms with Gasteiger partial charge in [-0.3, -0.25) is 4.90 Å². The first-order chi connectivity index (χ1) is 9.74. The first-order valence-electron chi connectivity index (χ1n) is 7.24. The molecule has 1 aliphatic heterocycles. The Morgan fingerprint density at radius 3 is 2.70 bits per heavy atom. The number of imidazole rings is 1. The van der Waals surface area contributed by atoms with Crippen molar-refractivity contribution in [1.82, 2.24) is 14.5 Å². The van der Waals surface area contributed by atoms with Gasteiger partial charge in [-0.2, -0.15) is 0 Å². The van der Waals surface area contributed by atoms with E-state index < -0.39 is 0 Å². The predicted molar refractivity (Wildman–Crippen MR) is 86.9 cm³/mol. The standard InChI is InChI=1S/C16H20BrN3/c1-13(17)11-20-15-8-4-3-7-14(15)18-16(20)12-19-9-5-2-6-10-19/h3-4,7-8H,1-2,5-6,9-12H2. The number of allylic oxidation sites excluding steroid dienone is 1. The number of aromatic nitrogens is 2. The van der Waals surface area contributed by atoms with Crippen LogP contribution in [0.4, 0.5) is 0 Å². The zero-order valence-corrected chi connectivity index (χ0v) is 13.3. The van der Waals surface area contributed by atoms with Crippen LogP contribution in [-0.2, 0) is 13.1 Å². The van der Waals surface area contributed by atoms with Crippen molar-refractivity contribution in [2.45, 2.75) is 32.4 Å². The topological polar surface area (TPSA) is 21.1 Å². The van der Waals surface area contributed by atoms with Gasteiger partial charge in [0.05, 0.1) is 24.1 Å². The number of likely N-dealkylation sites (tertiary alicyclic amines) is 1. The first kappa shape index (κ1) is 13.8. The van der Waals surface area contributed by atoms with Crippen LogP contribution in [-0.4, -0.2) is 27.5 Å². The van der Waals surface area contributed by atoms with E-state index in [1.807, 2.05) is 6.07 Å². The van der Waals surface area contributed by atoms with Crippen molar-refractivity contribution in [3.8, 4) is 0 Å². The fraction of sp³-hybridized carbons (Fsp3) is 0.438. The van der Waals surface area contributed by atoms with E-state index in [0.717, 1.165) is 28.9 Å². The van der Waals surface area contributed by atoms with Gasteiger partial charge in [-0.15, -0.1) is 0 Å². The van der Waals surface area contributed by atoms with Crippen LogP contribution in [0.15, 0.2) is 35.3 Å². The second kappa shape index (κ2) is 6.10. The third-order valence-electron chi connectivity index (χ3n) is 3.88. The van der Waals surface area contributed by atoms with Crippen molar-refractivity contribution in [3.63, 3.8) is 0 Å². The number of fused-ring (bicyclic) bond motifs is 1. The van der Waals surface area contributed by atoms with Gasteiger partial charge in [0.1, 0.15) is 5.82 Å². The molecular formula is C16H20BrN3. The van der Waals surface area contributed by atoms with Crippen LogP contribution in [0.1, 0.15) is 25.1 Å². The van der Waals surface area contributed by atoms with Crippen LogP contribution in [0.3, 0.4) is 0 Å². The van der Waals surface area contributed by atoms with Crippen LogP contribution >= 0.6 is 15.9 Å². The van der Waals surface area contributed by atoms with Gasteiger partial charge in [0.2, 0.25) is 0 Å². The Kier molecular flexibility index (Phi) is 4.22. The minimum Gasteiger partial charge on any atom is -0.322 e. The fourth-order valence-electron chi connectivity index (χ4n) is 2.91. The highest BCUT2D eigenvalue weighted by Gasteiger charge is 2.16. The maximum atomic E-state index is 4.82. The van der Waals surface area contributed by atoms with Crippen LogP contribution in [0.25, 0.3) is 11.0 Å². The minimum absolute atomic E-state index is 0.781. The van der Waals surface area contributed by atoms with Gasteiger partial charge in [0.25, 0.3) is 0 Å². The van der Waals surface area contributed by atoms with E-state index in [1.54, 1.807) is 0 Å². The van der Waals surface area contributed by atoms with Crippen LogP contribution in [0, 0.1) is 0 Å². The lowest BCUT2D eigenvalue weighted by Crippen LogP contribution is -2.30. The molecule has 1 aromatic heterocycles. The second-order valence-electron chi connectivity index (χ2n) is 5.46. The molecule has 1 aromatic carbocycles. The largest absolute Gasteiger partial charge is 0.322 e. The van der Waals surface area contributed by atoms with E-state index in [9.17, 15) is 0 Å². The molecule has 0 amide bonds. The summed E-state index contributed by atoms with van der Waals surface area (Å²) in [6, 6.07) is 8.34. The molecule has 106 valence electrons. The summed E-state index contributed by atoms with van der Waals surface area (Å²) < 4.78 is 3.27. The Morgan fingerprint density at radius 2 is 1.95 bits per heavy atom. The molecule has 1 saturated heterocycles. The summed E-state index contributed by atoms with van der Waals surface area (Å²) in [6.07, 6.45) is 3.99. The third-order valence-corrected chi connectivity index (χ3v) is 4.13. The molecule has 0 saturated carbocycles. The highest BCUT2D eigenvalue weighted by atomic mass is 79.9. The number of hydrogen-bond donors (Lipinski definition) is 0. The molecular weight excluding hydrogens is 314 g/mol. The van der Waals surface area contributed by atoms with Crippen LogP contribution in [0.5, 0.6) is 0 Å². The smallest absolute Gasteiger partial charge is 0.124 e. The molecule has 4 heteroatoms. The number of hydrogen-bond acceptors (Lipinski definition) is 2. The van der Waals surface area contributed by atoms with Crippen LogP contribution < -0.4 is 0 Å². The molecule has 20 heavy (non-hydrogen) atoms. The lowest BCUT2D eigenvalue weighted by atomic mass is 10.1. The Bertz CT molecular complexity index is 611. The maximum Gasteiger partial charge on any atom is 0.124 e. The number of piperidine rings is 1. The molecule has 0 radical (unpaired) electrons. The zero-order valence-electron chi connectivity index (χ0n) is 11.7. The number of benzene rings is 1. The van der Waals surface area contributed by atoms with Gasteiger partial charge >= 0.3 is 0 Å². The molecule has 0 N–H and O–H groups in total. The lowest BCUT2D eigenvalue weighted by Gasteiger charge is -2.26. The average Bonchev–Trinajstić information content (AvgIpc) is 2.78. The fourth-order valence-corrected chi connectivity index (χ4v) is 3.16. The van der Waals surface area contributed by atoms with Crippen LogP contribution in [0.2, 0.25) is 0 Å². The maximum absolute atomic E-state index is 4.82. The third kappa shape index (κ3) is 2.96. The minimum atomic E-state index is 0.781. The predicted octanol–water partition coefficient (Wildman–Crippen LogP) is 3.93.